The minimum atomic E-state index is -0.670. The van der Waals surface area contributed by atoms with Gasteiger partial charge in [0.2, 0.25) is 11.8 Å². The van der Waals surface area contributed by atoms with Crippen molar-refractivity contribution in [3.63, 3.8) is 0 Å². The predicted octanol–water partition coefficient (Wildman–Crippen LogP) is 5.19. The number of nitrogens with one attached hydrogen (secondary N) is 1. The zero-order valence-electron chi connectivity index (χ0n) is 16.1. The van der Waals surface area contributed by atoms with Crippen molar-refractivity contribution < 1.29 is 9.59 Å². The second-order valence-electron chi connectivity index (χ2n) is 7.30. The van der Waals surface area contributed by atoms with E-state index in [2.05, 4.69) is 5.32 Å². The molecule has 0 bridgehead atoms. The standard InChI is InChI=1S/C23H24N2O2S2/c26-21(15-20-11-6-13-29-20)25(19-9-2-1-3-10-19)22(17-12-14-28-16-17)23(27)24-18-7-4-5-8-18/h1-3,6,9-14,16,18,22H,4-5,7-8,15H2,(H,24,27)/t22-/m0/s1. The van der Waals surface area contributed by atoms with Crippen LogP contribution in [-0.2, 0) is 16.0 Å². The van der Waals surface area contributed by atoms with Crippen molar-refractivity contribution in [3.05, 3.63) is 75.1 Å². The molecule has 0 radical (unpaired) electrons. The average Bonchev–Trinajstić information content (AvgIpc) is 3.50. The van der Waals surface area contributed by atoms with Crippen LogP contribution in [0.3, 0.4) is 0 Å². The summed E-state index contributed by atoms with van der Waals surface area (Å²) in [5.74, 6) is -0.171. The fourth-order valence-electron chi connectivity index (χ4n) is 3.87. The van der Waals surface area contributed by atoms with E-state index in [1.807, 2.05) is 64.7 Å². The van der Waals surface area contributed by atoms with Gasteiger partial charge in [-0.25, -0.2) is 0 Å². The average molecular weight is 425 g/mol. The van der Waals surface area contributed by atoms with Gasteiger partial charge in [0.25, 0.3) is 0 Å². The Morgan fingerprint density at radius 1 is 1.03 bits per heavy atom. The van der Waals surface area contributed by atoms with Crippen LogP contribution < -0.4 is 10.2 Å². The quantitative estimate of drug-likeness (QED) is 0.568. The Balaban J connectivity index is 1.69. The van der Waals surface area contributed by atoms with Gasteiger partial charge in [-0.2, -0.15) is 11.3 Å². The summed E-state index contributed by atoms with van der Waals surface area (Å²) >= 11 is 3.10. The molecule has 2 aromatic heterocycles. The molecule has 2 amide bonds. The fourth-order valence-corrected chi connectivity index (χ4v) is 5.25. The van der Waals surface area contributed by atoms with Crippen LogP contribution in [0.2, 0.25) is 0 Å². The highest BCUT2D eigenvalue weighted by Crippen LogP contribution is 2.31. The second-order valence-corrected chi connectivity index (χ2v) is 9.12. The third-order valence-electron chi connectivity index (χ3n) is 5.28. The second kappa shape index (κ2) is 9.37. The van der Waals surface area contributed by atoms with Crippen LogP contribution in [-0.4, -0.2) is 17.9 Å². The van der Waals surface area contributed by atoms with E-state index in [0.29, 0.717) is 0 Å². The van der Waals surface area contributed by atoms with E-state index in [4.69, 9.17) is 0 Å². The topological polar surface area (TPSA) is 49.4 Å². The van der Waals surface area contributed by atoms with Crippen molar-refractivity contribution in [1.82, 2.24) is 5.32 Å². The summed E-state index contributed by atoms with van der Waals surface area (Å²) in [6, 6.07) is 14.9. The maximum absolute atomic E-state index is 13.4. The first-order valence-electron chi connectivity index (χ1n) is 9.94. The van der Waals surface area contributed by atoms with Crippen LogP contribution in [0, 0.1) is 0 Å². The molecule has 29 heavy (non-hydrogen) atoms. The molecule has 1 fully saturated rings. The molecule has 2 heterocycles. The largest absolute Gasteiger partial charge is 0.351 e. The van der Waals surface area contributed by atoms with Gasteiger partial charge >= 0.3 is 0 Å². The number of rotatable bonds is 7. The molecule has 1 aliphatic carbocycles. The highest BCUT2D eigenvalue weighted by Gasteiger charge is 2.34. The number of amides is 2. The summed E-state index contributed by atoms with van der Waals surface area (Å²) in [5.41, 5.74) is 1.60. The molecule has 0 unspecified atom stereocenters. The molecule has 1 aromatic carbocycles. The van der Waals surface area contributed by atoms with Gasteiger partial charge in [0.15, 0.2) is 0 Å². The lowest BCUT2D eigenvalue weighted by Crippen LogP contribution is -2.46. The number of hydrogen-bond donors (Lipinski definition) is 1. The van der Waals surface area contributed by atoms with Gasteiger partial charge < -0.3 is 5.32 Å². The molecule has 4 rings (SSSR count). The number of benzene rings is 1. The highest BCUT2D eigenvalue weighted by atomic mass is 32.1. The van der Waals surface area contributed by atoms with Gasteiger partial charge in [-0.3, -0.25) is 14.5 Å². The molecule has 1 aliphatic rings. The number of thiophene rings is 2. The van der Waals surface area contributed by atoms with Gasteiger partial charge in [0.1, 0.15) is 6.04 Å². The Labute approximate surface area is 179 Å². The Morgan fingerprint density at radius 2 is 1.83 bits per heavy atom. The lowest BCUT2D eigenvalue weighted by molar-refractivity contribution is -0.126. The van der Waals surface area contributed by atoms with Gasteiger partial charge in [0.05, 0.1) is 6.42 Å². The molecular weight excluding hydrogens is 400 g/mol. The lowest BCUT2D eigenvalue weighted by atomic mass is 10.0. The molecular formula is C23H24N2O2S2. The maximum atomic E-state index is 13.4. The summed E-state index contributed by atoms with van der Waals surface area (Å²) in [6.45, 7) is 0. The number of para-hydroxylation sites is 1. The van der Waals surface area contributed by atoms with Gasteiger partial charge in [0, 0.05) is 16.6 Å². The minimum Gasteiger partial charge on any atom is -0.351 e. The molecule has 0 aliphatic heterocycles. The summed E-state index contributed by atoms with van der Waals surface area (Å²) < 4.78 is 0. The Hall–Kier alpha value is -2.44. The van der Waals surface area contributed by atoms with Crippen molar-refractivity contribution in [1.29, 1.82) is 0 Å². The van der Waals surface area contributed by atoms with Gasteiger partial charge in [-0.05, 0) is 58.8 Å². The zero-order valence-corrected chi connectivity index (χ0v) is 17.8. The van der Waals surface area contributed by atoms with Crippen LogP contribution in [0.4, 0.5) is 5.69 Å². The van der Waals surface area contributed by atoms with Crippen LogP contribution in [0.15, 0.2) is 64.7 Å². The third-order valence-corrected chi connectivity index (χ3v) is 6.85. The number of carbonyl (C=O) groups excluding carboxylic acids is 2. The van der Waals surface area contributed by atoms with Crippen LogP contribution >= 0.6 is 22.7 Å². The molecule has 4 nitrogen and oxygen atoms in total. The van der Waals surface area contributed by atoms with Crippen LogP contribution in [0.1, 0.15) is 42.2 Å². The van der Waals surface area contributed by atoms with E-state index in [0.717, 1.165) is 41.8 Å². The van der Waals surface area contributed by atoms with E-state index >= 15 is 0 Å². The molecule has 6 heteroatoms. The van der Waals surface area contributed by atoms with E-state index in [-0.39, 0.29) is 24.3 Å². The van der Waals surface area contributed by atoms with Gasteiger partial charge in [-0.15, -0.1) is 11.3 Å². The molecule has 0 spiro atoms. The Kier molecular flexibility index (Phi) is 6.42. The zero-order chi connectivity index (χ0) is 20.1. The highest BCUT2D eigenvalue weighted by molar-refractivity contribution is 7.10. The van der Waals surface area contributed by atoms with Gasteiger partial charge in [-0.1, -0.05) is 37.1 Å². The van der Waals surface area contributed by atoms with E-state index in [1.54, 1.807) is 27.6 Å². The molecule has 1 N–H and O–H groups in total. The number of carbonyl (C=O) groups is 2. The Bertz CT molecular complexity index is 917. The predicted molar refractivity (Wildman–Crippen MR) is 119 cm³/mol. The summed E-state index contributed by atoms with van der Waals surface area (Å²) in [4.78, 5) is 29.5. The SMILES string of the molecule is O=C(NC1CCCC1)[C@H](c1ccsc1)N(C(=O)Cc1cccs1)c1ccccc1. The number of anilines is 1. The Morgan fingerprint density at radius 3 is 2.48 bits per heavy atom. The number of nitrogens with zero attached hydrogens (tertiary/aromatic N) is 1. The molecule has 1 saturated carbocycles. The summed E-state index contributed by atoms with van der Waals surface area (Å²) in [6.07, 6.45) is 4.60. The van der Waals surface area contributed by atoms with Crippen molar-refractivity contribution >= 4 is 40.2 Å². The minimum absolute atomic E-state index is 0.0728. The first kappa shape index (κ1) is 19.9. The van der Waals surface area contributed by atoms with Crippen molar-refractivity contribution in [2.24, 2.45) is 0 Å². The summed E-state index contributed by atoms with van der Waals surface area (Å²) in [7, 11) is 0. The third kappa shape index (κ3) is 4.77. The fraction of sp³-hybridized carbons (Fsp3) is 0.304. The van der Waals surface area contributed by atoms with Crippen LogP contribution in [0.5, 0.6) is 0 Å². The van der Waals surface area contributed by atoms with Crippen molar-refractivity contribution in [2.75, 3.05) is 4.90 Å². The van der Waals surface area contributed by atoms with E-state index < -0.39 is 6.04 Å². The van der Waals surface area contributed by atoms with E-state index in [1.165, 1.54) is 0 Å². The van der Waals surface area contributed by atoms with Crippen LogP contribution in [0.25, 0.3) is 0 Å². The molecule has 3 aromatic rings. The molecule has 150 valence electrons. The first-order valence-corrected chi connectivity index (χ1v) is 11.8. The summed E-state index contributed by atoms with van der Waals surface area (Å²) in [5, 5.41) is 9.10. The monoisotopic (exact) mass is 424 g/mol. The van der Waals surface area contributed by atoms with E-state index in [9.17, 15) is 9.59 Å². The lowest BCUT2D eigenvalue weighted by Gasteiger charge is -2.31. The van der Waals surface area contributed by atoms with Crippen molar-refractivity contribution in [3.8, 4) is 0 Å². The molecule has 1 atom stereocenters. The normalized spacial score (nSPS) is 15.2. The first-order chi connectivity index (χ1) is 14.2. The molecule has 0 saturated heterocycles. The number of hydrogen-bond acceptors (Lipinski definition) is 4. The smallest absolute Gasteiger partial charge is 0.248 e. The van der Waals surface area contributed by atoms with Crippen molar-refractivity contribution in [2.45, 2.75) is 44.2 Å². The maximum Gasteiger partial charge on any atom is 0.248 e.